The van der Waals surface area contributed by atoms with Crippen molar-refractivity contribution in [1.29, 1.82) is 0 Å². The van der Waals surface area contributed by atoms with Crippen molar-refractivity contribution < 1.29 is 9.59 Å². The Bertz CT molecular complexity index is 773. The average Bonchev–Trinajstić information content (AvgIpc) is 3.31. The summed E-state index contributed by atoms with van der Waals surface area (Å²) in [6.45, 7) is 2.69. The third-order valence-electron chi connectivity index (χ3n) is 4.84. The maximum absolute atomic E-state index is 12.8. The van der Waals surface area contributed by atoms with E-state index in [1.807, 2.05) is 40.1 Å². The molecule has 1 N–H and O–H groups in total. The molecule has 2 saturated heterocycles. The van der Waals surface area contributed by atoms with E-state index in [1.165, 1.54) is 0 Å². The molecule has 0 unspecified atom stereocenters. The number of piperidine rings is 1. The molecule has 3 heterocycles. The van der Waals surface area contributed by atoms with Gasteiger partial charge in [0.25, 0.3) is 5.91 Å². The third kappa shape index (κ3) is 3.09. The summed E-state index contributed by atoms with van der Waals surface area (Å²) in [7, 11) is 0. The highest BCUT2D eigenvalue weighted by molar-refractivity contribution is 5.92. The van der Waals surface area contributed by atoms with Gasteiger partial charge in [0, 0.05) is 32.4 Å². The fraction of sp³-hybridized carbons (Fsp3) is 0.389. The van der Waals surface area contributed by atoms with Crippen molar-refractivity contribution in [1.82, 2.24) is 24.9 Å². The van der Waals surface area contributed by atoms with Crippen LogP contribution in [0.15, 0.2) is 42.6 Å². The molecule has 2 fully saturated rings. The van der Waals surface area contributed by atoms with Gasteiger partial charge in [-0.05, 0) is 31.0 Å². The Kier molecular flexibility index (Phi) is 4.13. The predicted molar refractivity (Wildman–Crippen MR) is 92.6 cm³/mol. The normalized spacial score (nSPS) is 20.6. The molecule has 2 aliphatic rings. The summed E-state index contributed by atoms with van der Waals surface area (Å²) < 4.78 is 1.71. The van der Waals surface area contributed by atoms with Crippen molar-refractivity contribution in [2.75, 3.05) is 26.2 Å². The number of hydrogen-bond acceptors (Lipinski definition) is 3. The van der Waals surface area contributed by atoms with Gasteiger partial charge in [-0.2, -0.15) is 5.10 Å². The molecule has 0 bridgehead atoms. The smallest absolute Gasteiger partial charge is 0.317 e. The van der Waals surface area contributed by atoms with Gasteiger partial charge in [-0.1, -0.05) is 18.2 Å². The lowest BCUT2D eigenvalue weighted by Crippen LogP contribution is -2.50. The lowest BCUT2D eigenvalue weighted by Gasteiger charge is -2.36. The molecule has 1 aromatic carbocycles. The minimum Gasteiger partial charge on any atom is -0.336 e. The van der Waals surface area contributed by atoms with E-state index in [4.69, 9.17) is 0 Å². The molecule has 2 aromatic rings. The number of nitrogens with zero attached hydrogens (tertiary/aromatic N) is 4. The molecule has 0 spiro atoms. The van der Waals surface area contributed by atoms with Crippen LogP contribution in [0.25, 0.3) is 5.69 Å². The number of benzene rings is 1. The highest BCUT2D eigenvalue weighted by Gasteiger charge is 2.33. The maximum Gasteiger partial charge on any atom is 0.317 e. The lowest BCUT2D eigenvalue weighted by atomic mass is 10.0. The monoisotopic (exact) mass is 339 g/mol. The van der Waals surface area contributed by atoms with Crippen molar-refractivity contribution >= 4 is 11.9 Å². The quantitative estimate of drug-likeness (QED) is 0.921. The van der Waals surface area contributed by atoms with Crippen LogP contribution in [0.1, 0.15) is 23.3 Å². The van der Waals surface area contributed by atoms with Gasteiger partial charge in [0.1, 0.15) is 0 Å². The standard InChI is InChI=1S/C18H21N5O2/c24-17(16-8-11-23(20-16)14-5-2-1-3-6-14)21-10-4-7-15(13-21)22-12-9-19-18(22)25/h1-3,5-6,8,11,15H,4,7,9-10,12-13H2,(H,19,25)/t15-/m1/s1. The number of hydrogen-bond donors (Lipinski definition) is 1. The Hall–Kier alpha value is -2.83. The molecular weight excluding hydrogens is 318 g/mol. The summed E-state index contributed by atoms with van der Waals surface area (Å²) in [5.41, 5.74) is 1.36. The minimum atomic E-state index is -0.0704. The van der Waals surface area contributed by atoms with Crippen molar-refractivity contribution in [3.8, 4) is 5.69 Å². The zero-order valence-electron chi connectivity index (χ0n) is 14.0. The van der Waals surface area contributed by atoms with E-state index >= 15 is 0 Å². The Morgan fingerprint density at radius 2 is 2.00 bits per heavy atom. The first-order valence-electron chi connectivity index (χ1n) is 8.67. The molecule has 25 heavy (non-hydrogen) atoms. The molecule has 0 radical (unpaired) electrons. The number of aromatic nitrogens is 2. The van der Waals surface area contributed by atoms with Gasteiger partial charge in [0.2, 0.25) is 0 Å². The minimum absolute atomic E-state index is 0.0207. The summed E-state index contributed by atoms with van der Waals surface area (Å²) in [4.78, 5) is 28.4. The summed E-state index contributed by atoms with van der Waals surface area (Å²) in [6.07, 6.45) is 3.65. The molecule has 4 rings (SSSR count). The van der Waals surface area contributed by atoms with Crippen LogP contribution in [0.2, 0.25) is 0 Å². The number of amides is 3. The van der Waals surface area contributed by atoms with Crippen LogP contribution < -0.4 is 5.32 Å². The number of carbonyl (C=O) groups excluding carboxylic acids is 2. The lowest BCUT2D eigenvalue weighted by molar-refractivity contribution is 0.0628. The van der Waals surface area contributed by atoms with Crippen LogP contribution >= 0.6 is 0 Å². The summed E-state index contributed by atoms with van der Waals surface area (Å²) >= 11 is 0. The second kappa shape index (κ2) is 6.58. The number of urea groups is 1. The second-order valence-electron chi connectivity index (χ2n) is 6.45. The molecule has 0 saturated carbocycles. The molecule has 2 aliphatic heterocycles. The van der Waals surface area contributed by atoms with Crippen LogP contribution in [0.4, 0.5) is 4.79 Å². The molecular formula is C18H21N5O2. The van der Waals surface area contributed by atoms with E-state index in [0.29, 0.717) is 31.9 Å². The Morgan fingerprint density at radius 1 is 1.16 bits per heavy atom. The van der Waals surface area contributed by atoms with Gasteiger partial charge in [-0.15, -0.1) is 0 Å². The van der Waals surface area contributed by atoms with Gasteiger partial charge in [-0.25, -0.2) is 9.48 Å². The Labute approximate surface area is 146 Å². The zero-order chi connectivity index (χ0) is 17.2. The van der Waals surface area contributed by atoms with E-state index in [9.17, 15) is 9.59 Å². The molecule has 7 heteroatoms. The first-order valence-corrected chi connectivity index (χ1v) is 8.67. The van der Waals surface area contributed by atoms with Gasteiger partial charge < -0.3 is 15.1 Å². The highest BCUT2D eigenvalue weighted by atomic mass is 16.2. The summed E-state index contributed by atoms with van der Waals surface area (Å²) in [6, 6.07) is 11.5. The molecule has 0 aliphatic carbocycles. The first-order chi connectivity index (χ1) is 12.2. The van der Waals surface area contributed by atoms with Crippen molar-refractivity contribution in [2.24, 2.45) is 0 Å². The topological polar surface area (TPSA) is 70.5 Å². The maximum atomic E-state index is 12.8. The van der Waals surface area contributed by atoms with Gasteiger partial charge in [-0.3, -0.25) is 4.79 Å². The van der Waals surface area contributed by atoms with Crippen LogP contribution in [0.5, 0.6) is 0 Å². The van der Waals surface area contributed by atoms with Crippen LogP contribution in [-0.2, 0) is 0 Å². The van der Waals surface area contributed by atoms with Crippen LogP contribution in [-0.4, -0.2) is 63.7 Å². The zero-order valence-corrected chi connectivity index (χ0v) is 14.0. The summed E-state index contributed by atoms with van der Waals surface area (Å²) in [5.74, 6) is -0.0704. The number of para-hydroxylation sites is 1. The highest BCUT2D eigenvalue weighted by Crippen LogP contribution is 2.19. The van der Waals surface area contributed by atoms with E-state index < -0.39 is 0 Å². The molecule has 130 valence electrons. The fourth-order valence-corrected chi connectivity index (χ4v) is 3.55. The van der Waals surface area contributed by atoms with E-state index in [2.05, 4.69) is 10.4 Å². The van der Waals surface area contributed by atoms with E-state index in [-0.39, 0.29) is 18.0 Å². The molecule has 7 nitrogen and oxygen atoms in total. The van der Waals surface area contributed by atoms with Gasteiger partial charge in [0.05, 0.1) is 11.7 Å². The van der Waals surface area contributed by atoms with E-state index in [0.717, 1.165) is 18.5 Å². The SMILES string of the molecule is O=C(c1ccn(-c2ccccc2)n1)N1CCC[C@@H](N2CCNC2=O)C1. The first kappa shape index (κ1) is 15.7. The molecule has 1 aromatic heterocycles. The van der Waals surface area contributed by atoms with Gasteiger partial charge in [0.15, 0.2) is 5.69 Å². The van der Waals surface area contributed by atoms with E-state index in [1.54, 1.807) is 16.9 Å². The molecule has 3 amide bonds. The number of nitrogens with one attached hydrogen (secondary N) is 1. The van der Waals surface area contributed by atoms with Crippen molar-refractivity contribution in [3.05, 3.63) is 48.3 Å². The van der Waals surface area contributed by atoms with Crippen molar-refractivity contribution in [3.63, 3.8) is 0 Å². The number of carbonyl (C=O) groups is 2. The number of likely N-dealkylation sites (tertiary alicyclic amines) is 1. The largest absolute Gasteiger partial charge is 0.336 e. The Balaban J connectivity index is 1.47. The molecule has 1 atom stereocenters. The van der Waals surface area contributed by atoms with Crippen molar-refractivity contribution in [2.45, 2.75) is 18.9 Å². The number of rotatable bonds is 3. The van der Waals surface area contributed by atoms with Gasteiger partial charge >= 0.3 is 6.03 Å². The summed E-state index contributed by atoms with van der Waals surface area (Å²) in [5, 5.41) is 7.26. The van der Waals surface area contributed by atoms with Crippen LogP contribution in [0, 0.1) is 0 Å². The average molecular weight is 339 g/mol. The fourth-order valence-electron chi connectivity index (χ4n) is 3.55. The Morgan fingerprint density at radius 3 is 2.76 bits per heavy atom. The van der Waals surface area contributed by atoms with Crippen LogP contribution in [0.3, 0.4) is 0 Å². The predicted octanol–water partition coefficient (Wildman–Crippen LogP) is 1.50. The second-order valence-corrected chi connectivity index (χ2v) is 6.45. The third-order valence-corrected chi connectivity index (χ3v) is 4.84.